The molecule has 1 aromatic carbocycles. The largest absolute Gasteiger partial charge is 0.449 e. The van der Waals surface area contributed by atoms with Crippen molar-refractivity contribution in [2.45, 2.75) is 13.8 Å². The summed E-state index contributed by atoms with van der Waals surface area (Å²) in [5.74, 6) is 0.312. The molecule has 7 nitrogen and oxygen atoms in total. The summed E-state index contributed by atoms with van der Waals surface area (Å²) in [4.78, 5) is 30.9. The first-order valence-electron chi connectivity index (χ1n) is 8.58. The molecule has 0 unspecified atom stereocenters. The zero-order valence-electron chi connectivity index (χ0n) is 14.6. The Kier molecular flexibility index (Phi) is 5.11. The number of para-hydroxylation sites is 1. The van der Waals surface area contributed by atoms with Crippen LogP contribution in [0.1, 0.15) is 13.8 Å². The summed E-state index contributed by atoms with van der Waals surface area (Å²) in [6.45, 7) is 6.37. The minimum absolute atomic E-state index is 0.153. The number of piperazine rings is 1. The summed E-state index contributed by atoms with van der Waals surface area (Å²) in [6, 6.07) is 7.66. The van der Waals surface area contributed by atoms with Crippen molar-refractivity contribution in [1.82, 2.24) is 14.8 Å². The topological polar surface area (TPSA) is 77.7 Å². The van der Waals surface area contributed by atoms with E-state index in [-0.39, 0.29) is 12.1 Å². The van der Waals surface area contributed by atoms with Gasteiger partial charge in [0.15, 0.2) is 0 Å². The van der Waals surface area contributed by atoms with Gasteiger partial charge in [0.1, 0.15) is 0 Å². The Bertz CT molecular complexity index is 748. The number of anilines is 1. The fraction of sp³-hybridized carbons (Fsp3) is 0.444. The Morgan fingerprint density at radius 3 is 2.56 bits per heavy atom. The highest BCUT2D eigenvalue weighted by atomic mass is 16.6. The Morgan fingerprint density at radius 1 is 1.16 bits per heavy atom. The summed E-state index contributed by atoms with van der Waals surface area (Å²) in [6.07, 6.45) is 1.49. The third-order valence-corrected chi connectivity index (χ3v) is 4.20. The normalized spacial score (nSPS) is 14.8. The van der Waals surface area contributed by atoms with Gasteiger partial charge in [-0.25, -0.2) is 9.59 Å². The van der Waals surface area contributed by atoms with Gasteiger partial charge in [0, 0.05) is 43.3 Å². The SMILES string of the molecule is CC(C)COC(=O)N1CCN(C(=O)Nc2c[nH]c3ccccc23)CC1. The third kappa shape index (κ3) is 4.04. The van der Waals surface area contributed by atoms with Gasteiger partial charge in [-0.15, -0.1) is 0 Å². The molecule has 1 aliphatic rings. The Balaban J connectivity index is 1.52. The number of H-pyrrole nitrogens is 1. The second-order valence-electron chi connectivity index (χ2n) is 6.62. The van der Waals surface area contributed by atoms with Crippen molar-refractivity contribution in [2.75, 3.05) is 38.1 Å². The maximum absolute atomic E-state index is 12.5. The number of amides is 3. The van der Waals surface area contributed by atoms with Crippen LogP contribution in [0, 0.1) is 5.92 Å². The van der Waals surface area contributed by atoms with Crippen molar-refractivity contribution in [3.05, 3.63) is 30.5 Å². The van der Waals surface area contributed by atoms with Crippen LogP contribution in [0.4, 0.5) is 15.3 Å². The lowest BCUT2D eigenvalue weighted by atomic mass is 10.2. The molecule has 3 rings (SSSR count). The first-order valence-corrected chi connectivity index (χ1v) is 8.58. The van der Waals surface area contributed by atoms with Gasteiger partial charge in [0.05, 0.1) is 12.3 Å². The molecule has 0 aliphatic carbocycles. The molecule has 0 atom stereocenters. The van der Waals surface area contributed by atoms with Crippen molar-refractivity contribution < 1.29 is 14.3 Å². The van der Waals surface area contributed by atoms with Crippen LogP contribution in [0.2, 0.25) is 0 Å². The van der Waals surface area contributed by atoms with E-state index in [1.54, 1.807) is 16.0 Å². The molecule has 0 saturated carbocycles. The minimum atomic E-state index is -0.301. The molecular weight excluding hydrogens is 320 g/mol. The van der Waals surface area contributed by atoms with Gasteiger partial charge in [0.25, 0.3) is 0 Å². The molecule has 1 saturated heterocycles. The minimum Gasteiger partial charge on any atom is -0.449 e. The monoisotopic (exact) mass is 344 g/mol. The summed E-state index contributed by atoms with van der Waals surface area (Å²) in [5, 5.41) is 3.92. The summed E-state index contributed by atoms with van der Waals surface area (Å²) in [7, 11) is 0. The first-order chi connectivity index (χ1) is 12.0. The molecule has 0 spiro atoms. The van der Waals surface area contributed by atoms with Gasteiger partial charge in [0.2, 0.25) is 0 Å². The maximum Gasteiger partial charge on any atom is 0.409 e. The third-order valence-electron chi connectivity index (χ3n) is 4.20. The number of nitrogens with one attached hydrogen (secondary N) is 2. The highest BCUT2D eigenvalue weighted by molar-refractivity contribution is 6.01. The number of ether oxygens (including phenoxy) is 1. The van der Waals surface area contributed by atoms with Crippen LogP contribution in [0.25, 0.3) is 10.9 Å². The van der Waals surface area contributed by atoms with Crippen molar-refractivity contribution >= 4 is 28.7 Å². The second kappa shape index (κ2) is 7.46. The number of benzene rings is 1. The predicted octanol–water partition coefficient (Wildman–Crippen LogP) is 3.11. The van der Waals surface area contributed by atoms with E-state index in [1.807, 2.05) is 38.1 Å². The van der Waals surface area contributed by atoms with E-state index in [0.29, 0.717) is 38.7 Å². The number of fused-ring (bicyclic) bond motifs is 1. The quantitative estimate of drug-likeness (QED) is 0.898. The van der Waals surface area contributed by atoms with E-state index in [1.165, 1.54) is 0 Å². The fourth-order valence-electron chi connectivity index (χ4n) is 2.79. The highest BCUT2D eigenvalue weighted by Crippen LogP contribution is 2.22. The molecule has 25 heavy (non-hydrogen) atoms. The lowest BCUT2D eigenvalue weighted by molar-refractivity contribution is 0.0753. The summed E-state index contributed by atoms with van der Waals surface area (Å²) < 4.78 is 5.24. The van der Waals surface area contributed by atoms with E-state index in [9.17, 15) is 9.59 Å². The lowest BCUT2D eigenvalue weighted by Gasteiger charge is -2.34. The molecular formula is C18H24N4O3. The van der Waals surface area contributed by atoms with Crippen molar-refractivity contribution in [1.29, 1.82) is 0 Å². The van der Waals surface area contributed by atoms with Crippen LogP contribution in [0.15, 0.2) is 30.5 Å². The predicted molar refractivity (Wildman–Crippen MR) is 96.6 cm³/mol. The Hall–Kier alpha value is -2.70. The van der Waals surface area contributed by atoms with Crippen molar-refractivity contribution in [3.63, 3.8) is 0 Å². The number of carbonyl (C=O) groups is 2. The number of rotatable bonds is 3. The first kappa shape index (κ1) is 17.1. The van der Waals surface area contributed by atoms with E-state index >= 15 is 0 Å². The molecule has 2 heterocycles. The van der Waals surface area contributed by atoms with E-state index in [2.05, 4.69) is 10.3 Å². The molecule has 2 N–H and O–H groups in total. The molecule has 0 bridgehead atoms. The molecule has 134 valence electrons. The molecule has 1 fully saturated rings. The van der Waals surface area contributed by atoms with Gasteiger partial charge in [-0.05, 0) is 12.0 Å². The number of urea groups is 1. The number of aromatic amines is 1. The van der Waals surface area contributed by atoms with E-state index < -0.39 is 0 Å². The maximum atomic E-state index is 12.5. The van der Waals surface area contributed by atoms with E-state index in [4.69, 9.17) is 4.74 Å². The van der Waals surface area contributed by atoms with Crippen LogP contribution in [-0.2, 0) is 4.74 Å². The number of hydrogen-bond acceptors (Lipinski definition) is 3. The fourth-order valence-corrected chi connectivity index (χ4v) is 2.79. The molecule has 3 amide bonds. The van der Waals surface area contributed by atoms with Gasteiger partial charge in [-0.1, -0.05) is 32.0 Å². The van der Waals surface area contributed by atoms with E-state index in [0.717, 1.165) is 16.6 Å². The number of aromatic nitrogens is 1. The van der Waals surface area contributed by atoms with Crippen molar-refractivity contribution in [2.24, 2.45) is 5.92 Å². The zero-order chi connectivity index (χ0) is 17.8. The van der Waals surface area contributed by atoms with Crippen LogP contribution < -0.4 is 5.32 Å². The van der Waals surface area contributed by atoms with Gasteiger partial charge >= 0.3 is 12.1 Å². The summed E-state index contributed by atoms with van der Waals surface area (Å²) >= 11 is 0. The van der Waals surface area contributed by atoms with Crippen molar-refractivity contribution in [3.8, 4) is 0 Å². The average Bonchev–Trinajstić information content (AvgIpc) is 3.03. The molecule has 1 aromatic heterocycles. The van der Waals surface area contributed by atoms with Crippen LogP contribution >= 0.6 is 0 Å². The second-order valence-corrected chi connectivity index (χ2v) is 6.62. The molecule has 1 aliphatic heterocycles. The summed E-state index contributed by atoms with van der Waals surface area (Å²) in [5.41, 5.74) is 1.75. The lowest BCUT2D eigenvalue weighted by Crippen LogP contribution is -2.51. The van der Waals surface area contributed by atoms with Crippen LogP contribution in [0.5, 0.6) is 0 Å². The van der Waals surface area contributed by atoms with Gasteiger partial charge in [-0.3, -0.25) is 0 Å². The average molecular weight is 344 g/mol. The Morgan fingerprint density at radius 2 is 1.84 bits per heavy atom. The van der Waals surface area contributed by atoms with Gasteiger partial charge < -0.3 is 24.8 Å². The number of hydrogen-bond donors (Lipinski definition) is 2. The zero-order valence-corrected chi connectivity index (χ0v) is 14.6. The number of carbonyl (C=O) groups excluding carboxylic acids is 2. The standard InChI is InChI=1S/C18H24N4O3/c1-13(2)12-25-18(24)22-9-7-21(8-10-22)17(23)20-16-11-19-15-6-4-3-5-14(15)16/h3-6,11,13,19H,7-10,12H2,1-2H3,(H,20,23). The number of nitrogens with zero attached hydrogens (tertiary/aromatic N) is 2. The Labute approximate surface area is 146 Å². The highest BCUT2D eigenvalue weighted by Gasteiger charge is 2.25. The smallest absolute Gasteiger partial charge is 0.409 e. The van der Waals surface area contributed by atoms with Crippen LogP contribution in [-0.4, -0.2) is 59.7 Å². The van der Waals surface area contributed by atoms with Crippen LogP contribution in [0.3, 0.4) is 0 Å². The molecule has 7 heteroatoms. The molecule has 2 aromatic rings. The van der Waals surface area contributed by atoms with Gasteiger partial charge in [-0.2, -0.15) is 0 Å². The molecule has 0 radical (unpaired) electrons.